The number of aromatic nitrogens is 2. The molecule has 1 aromatic carbocycles. The average Bonchev–Trinajstić information content (AvgIpc) is 3.54. The number of benzene rings is 1. The summed E-state index contributed by atoms with van der Waals surface area (Å²) < 4.78 is 4.49. The smallest absolute Gasteiger partial charge is 0.352 e. The normalized spacial score (nSPS) is 27.1. The van der Waals surface area contributed by atoms with Crippen molar-refractivity contribution in [2.45, 2.75) is 74.7 Å². The van der Waals surface area contributed by atoms with Gasteiger partial charge in [-0.05, 0) is 26.0 Å². The van der Waals surface area contributed by atoms with E-state index >= 15 is 0 Å². The lowest BCUT2D eigenvalue weighted by molar-refractivity contribution is -0.944. The van der Waals surface area contributed by atoms with Crippen LogP contribution in [0.4, 0.5) is 5.13 Å². The molecule has 3 fully saturated rings. The number of hydrogen-bond acceptors (Lipinski definition) is 14. The molecule has 8 N–H and O–H groups in total. The Kier molecular flexibility index (Phi) is 9.79. The Balaban J connectivity index is 1.16. The number of likely N-dealkylation sites (N-methyl/N-ethyl adjacent to an activating group) is 1. The SMILES string of the molecule is CC(C)(O/N=C(\C(=O)N[C@@H]1C(=O)N2C(C(=O)O)=C(C[N+]3(C)[C@@H]4CC[C@H]3CC(NC(=O)c3ccc(O)c(O)c3Cl)C4)CS[C@H]12)c1nsc(N)n1)C(=O)O. The van der Waals surface area contributed by atoms with Gasteiger partial charge in [-0.2, -0.15) is 9.36 Å². The summed E-state index contributed by atoms with van der Waals surface area (Å²) in [5.41, 5.74) is 3.82. The third kappa shape index (κ3) is 6.59. The van der Waals surface area contributed by atoms with Crippen molar-refractivity contribution in [3.8, 4) is 11.5 Å². The maximum absolute atomic E-state index is 13.5. The van der Waals surface area contributed by atoms with Crippen molar-refractivity contribution in [1.29, 1.82) is 0 Å². The fourth-order valence-electron chi connectivity index (χ4n) is 7.25. The Morgan fingerprint density at radius 1 is 1.15 bits per heavy atom. The molecule has 4 aliphatic rings. The van der Waals surface area contributed by atoms with Crippen LogP contribution in [-0.2, 0) is 24.0 Å². The zero-order valence-electron chi connectivity index (χ0n) is 28.0. The van der Waals surface area contributed by atoms with Crippen molar-refractivity contribution in [3.63, 3.8) is 0 Å². The third-order valence-electron chi connectivity index (χ3n) is 10.1. The summed E-state index contributed by atoms with van der Waals surface area (Å²) in [4.78, 5) is 74.4. The number of phenols is 2. The molecule has 52 heavy (non-hydrogen) atoms. The van der Waals surface area contributed by atoms with E-state index in [-0.39, 0.29) is 51.1 Å². The minimum absolute atomic E-state index is 0.00408. The van der Waals surface area contributed by atoms with E-state index in [2.05, 4.69) is 32.2 Å². The number of nitrogens with two attached hydrogens (primary N) is 1. The fraction of sp³-hybridized carbons (Fsp3) is 0.484. The molecule has 6 atom stereocenters. The molecule has 5 heterocycles. The van der Waals surface area contributed by atoms with Gasteiger partial charge in [-0.15, -0.1) is 11.8 Å². The van der Waals surface area contributed by atoms with E-state index in [9.17, 15) is 44.4 Å². The Hall–Kier alpha value is -4.66. The van der Waals surface area contributed by atoms with Crippen molar-refractivity contribution >= 4 is 75.4 Å². The van der Waals surface area contributed by atoms with Crippen molar-refractivity contribution in [3.05, 3.63) is 39.8 Å². The Morgan fingerprint density at radius 2 is 1.83 bits per heavy atom. The van der Waals surface area contributed by atoms with Gasteiger partial charge >= 0.3 is 11.9 Å². The van der Waals surface area contributed by atoms with E-state index in [1.807, 2.05) is 0 Å². The van der Waals surface area contributed by atoms with E-state index in [0.717, 1.165) is 24.4 Å². The van der Waals surface area contributed by atoms with Crippen LogP contribution in [0.5, 0.6) is 11.5 Å². The Bertz CT molecular complexity index is 1920. The third-order valence-corrected chi connectivity index (χ3v) is 12.4. The zero-order valence-corrected chi connectivity index (χ0v) is 30.4. The van der Waals surface area contributed by atoms with Gasteiger partial charge in [0.2, 0.25) is 17.1 Å². The number of fused-ring (bicyclic) bond motifs is 3. The number of hydrogen-bond donors (Lipinski definition) is 7. The first-order valence-corrected chi connectivity index (χ1v) is 18.3. The highest BCUT2D eigenvalue weighted by molar-refractivity contribution is 8.00. The molecule has 1 aromatic heterocycles. The average molecular weight is 780 g/mol. The molecule has 21 heteroatoms. The summed E-state index contributed by atoms with van der Waals surface area (Å²) >= 11 is 8.17. The van der Waals surface area contributed by atoms with Gasteiger partial charge in [-0.1, -0.05) is 16.8 Å². The summed E-state index contributed by atoms with van der Waals surface area (Å²) in [7, 11) is 2.06. The van der Waals surface area contributed by atoms with Gasteiger partial charge in [-0.25, -0.2) is 9.59 Å². The van der Waals surface area contributed by atoms with Crippen molar-refractivity contribution in [1.82, 2.24) is 24.9 Å². The molecule has 3 amide bonds. The van der Waals surface area contributed by atoms with Crippen LogP contribution >= 0.6 is 34.9 Å². The molecule has 3 saturated heterocycles. The number of carboxylic acids is 2. The number of aromatic hydroxyl groups is 2. The van der Waals surface area contributed by atoms with Crippen LogP contribution in [0, 0.1) is 0 Å². The number of halogens is 1. The quantitative estimate of drug-likeness (QED) is 0.0553. The topological polar surface area (TPSA) is 267 Å². The number of rotatable bonds is 11. The van der Waals surface area contributed by atoms with Crippen molar-refractivity contribution in [2.75, 3.05) is 25.1 Å². The first-order valence-electron chi connectivity index (χ1n) is 16.1. The number of β-lactam (4-membered cyclic amide) rings is 1. The molecule has 0 aliphatic carbocycles. The van der Waals surface area contributed by atoms with E-state index in [1.165, 1.54) is 42.6 Å². The molecule has 0 spiro atoms. The number of oxime groups is 1. The number of quaternary nitrogens is 1. The molecular formula is C31H36ClN8O10S2+. The summed E-state index contributed by atoms with van der Waals surface area (Å²) in [5, 5.41) is 47.7. The molecule has 278 valence electrons. The highest BCUT2D eigenvalue weighted by atomic mass is 35.5. The molecule has 2 aromatic rings. The summed E-state index contributed by atoms with van der Waals surface area (Å²) in [6.45, 7) is 2.80. The van der Waals surface area contributed by atoms with Gasteiger partial charge in [0.1, 0.15) is 23.7 Å². The molecule has 4 aliphatic heterocycles. The predicted octanol–water partition coefficient (Wildman–Crippen LogP) is 1.08. The van der Waals surface area contributed by atoms with Crippen LogP contribution in [0.2, 0.25) is 5.02 Å². The molecule has 0 radical (unpaired) electrons. The van der Waals surface area contributed by atoms with E-state index in [0.29, 0.717) is 29.4 Å². The number of amides is 3. The summed E-state index contributed by atoms with van der Waals surface area (Å²) in [5.74, 6) is -5.68. The molecule has 6 rings (SSSR count). The number of carbonyl (C=O) groups is 5. The maximum atomic E-state index is 13.5. The minimum Gasteiger partial charge on any atom is -0.504 e. The number of carbonyl (C=O) groups excluding carboxylic acids is 3. The predicted molar refractivity (Wildman–Crippen MR) is 186 cm³/mol. The number of anilines is 1. The number of nitrogens with zero attached hydrogens (tertiary/aromatic N) is 5. The fourth-order valence-corrected chi connectivity index (χ4v) is 9.27. The van der Waals surface area contributed by atoms with Gasteiger partial charge in [0, 0.05) is 54.6 Å². The van der Waals surface area contributed by atoms with Crippen LogP contribution in [0.3, 0.4) is 0 Å². The number of piperidine rings is 1. The maximum Gasteiger partial charge on any atom is 0.352 e. The van der Waals surface area contributed by atoms with Gasteiger partial charge < -0.3 is 46.1 Å². The standard InChI is InChI=1S/C31H35ClN8O10S2/c1-31(2,29(48)49)50-37-19(23-36-30(33)52-38-23)25(44)35-20-26(45)39-21(28(46)47)12(11-51-27(20)39)10-40(3)14-4-5-15(40)9-13(8-14)34-24(43)16-6-7-17(41)22(42)18(16)32/h6-7,13-15,20,27H,4-5,8-11H2,1-3H3,(H7-,33,34,35,36,37,38,41,42,43,44,46,47,48,49)/p+1/t13?,14-,15+,20-,27-,40?/m1/s1. The second-order valence-corrected chi connectivity index (χ2v) is 16.0. The lowest BCUT2D eigenvalue weighted by atomic mass is 9.92. The minimum atomic E-state index is -1.82. The Labute approximate surface area is 309 Å². The lowest BCUT2D eigenvalue weighted by Crippen LogP contribution is -2.71. The largest absolute Gasteiger partial charge is 0.504 e. The van der Waals surface area contributed by atoms with E-state index < -0.39 is 63.9 Å². The second-order valence-electron chi connectivity index (χ2n) is 13.7. The molecule has 18 nitrogen and oxygen atoms in total. The molecule has 2 bridgehead atoms. The highest BCUT2D eigenvalue weighted by Crippen LogP contribution is 2.46. The van der Waals surface area contributed by atoms with E-state index in [1.54, 1.807) is 0 Å². The van der Waals surface area contributed by atoms with Crippen LogP contribution in [0.15, 0.2) is 28.6 Å². The van der Waals surface area contributed by atoms with Crippen LogP contribution in [-0.4, -0.2) is 129 Å². The lowest BCUT2D eigenvalue weighted by Gasteiger charge is -2.52. The van der Waals surface area contributed by atoms with E-state index in [4.69, 9.17) is 22.2 Å². The number of nitrogens with one attached hydrogen (secondary N) is 2. The summed E-state index contributed by atoms with van der Waals surface area (Å²) in [6.07, 6.45) is 2.93. The van der Waals surface area contributed by atoms with Gasteiger partial charge in [-0.3, -0.25) is 19.3 Å². The number of aliphatic carboxylic acids is 2. The Morgan fingerprint density at radius 3 is 2.42 bits per heavy atom. The van der Waals surface area contributed by atoms with Crippen LogP contribution in [0.1, 0.15) is 55.7 Å². The monoisotopic (exact) mass is 779 g/mol. The van der Waals surface area contributed by atoms with Crippen LogP contribution < -0.4 is 16.4 Å². The second kappa shape index (κ2) is 13.7. The number of carboxylic acid groups (broad SMARTS) is 2. The zero-order chi connectivity index (χ0) is 37.9. The number of phenolic OH excluding ortho intramolecular Hbond substituents is 2. The van der Waals surface area contributed by atoms with Crippen molar-refractivity contribution < 1.29 is 53.7 Å². The van der Waals surface area contributed by atoms with Crippen LogP contribution in [0.25, 0.3) is 0 Å². The molecule has 0 saturated carbocycles. The van der Waals surface area contributed by atoms with Gasteiger partial charge in [0.15, 0.2) is 16.6 Å². The molecule has 2 unspecified atom stereocenters. The first-order chi connectivity index (χ1) is 24.4. The highest BCUT2D eigenvalue weighted by Gasteiger charge is 2.57. The summed E-state index contributed by atoms with van der Waals surface area (Å²) in [6, 6.07) is 1.35. The van der Waals surface area contributed by atoms with Gasteiger partial charge in [0.05, 0.1) is 29.7 Å². The number of thioether (sulfide) groups is 1. The van der Waals surface area contributed by atoms with Crippen molar-refractivity contribution in [2.24, 2.45) is 5.16 Å². The molecular weight excluding hydrogens is 744 g/mol. The first kappa shape index (κ1) is 37.1. The number of nitrogen functional groups attached to an aromatic ring is 1. The van der Waals surface area contributed by atoms with Gasteiger partial charge in [0.25, 0.3) is 17.7 Å².